The molecule has 2 nitrogen and oxygen atoms in total. The van der Waals surface area contributed by atoms with Crippen molar-refractivity contribution in [2.24, 2.45) is 11.7 Å². The van der Waals surface area contributed by atoms with Crippen LogP contribution in [0, 0.1) is 17.8 Å². The third kappa shape index (κ3) is 3.02. The summed E-state index contributed by atoms with van der Waals surface area (Å²) >= 11 is 0. The summed E-state index contributed by atoms with van der Waals surface area (Å²) in [4.78, 5) is 2.44. The summed E-state index contributed by atoms with van der Waals surface area (Å²) in [5.74, 6) is 6.76. The van der Waals surface area contributed by atoms with Crippen molar-refractivity contribution in [3.8, 4) is 11.8 Å². The van der Waals surface area contributed by atoms with Gasteiger partial charge < -0.3 is 5.73 Å². The first-order valence-electron chi connectivity index (χ1n) is 5.11. The van der Waals surface area contributed by atoms with E-state index in [0.717, 1.165) is 19.6 Å². The summed E-state index contributed by atoms with van der Waals surface area (Å²) in [5.41, 5.74) is 5.68. The number of likely N-dealkylation sites (tertiary alicyclic amines) is 1. The summed E-state index contributed by atoms with van der Waals surface area (Å²) in [5, 5.41) is 0. The summed E-state index contributed by atoms with van der Waals surface area (Å²) in [6.07, 6.45) is 2.56. The second-order valence-electron chi connectivity index (χ2n) is 3.88. The van der Waals surface area contributed by atoms with E-state index in [4.69, 9.17) is 5.73 Å². The molecule has 0 radical (unpaired) electrons. The Labute approximate surface area is 81.5 Å². The first-order valence-corrected chi connectivity index (χ1v) is 5.11. The van der Waals surface area contributed by atoms with Gasteiger partial charge in [-0.3, -0.25) is 4.90 Å². The molecule has 0 amide bonds. The van der Waals surface area contributed by atoms with Crippen LogP contribution in [-0.2, 0) is 0 Å². The Kier molecular flexibility index (Phi) is 4.27. The Morgan fingerprint density at radius 1 is 1.46 bits per heavy atom. The van der Waals surface area contributed by atoms with E-state index in [1.54, 1.807) is 0 Å². The molecular weight excluding hydrogens is 160 g/mol. The third-order valence-corrected chi connectivity index (χ3v) is 2.90. The van der Waals surface area contributed by atoms with E-state index in [1.165, 1.54) is 12.8 Å². The van der Waals surface area contributed by atoms with Crippen LogP contribution in [0.25, 0.3) is 0 Å². The molecule has 2 N–H and O–H groups in total. The van der Waals surface area contributed by atoms with E-state index in [9.17, 15) is 0 Å². The van der Waals surface area contributed by atoms with Gasteiger partial charge in [-0.1, -0.05) is 5.92 Å². The van der Waals surface area contributed by atoms with Gasteiger partial charge in [0.25, 0.3) is 0 Å². The summed E-state index contributed by atoms with van der Waals surface area (Å²) in [6, 6.07) is 0.684. The maximum atomic E-state index is 5.68. The molecule has 0 bridgehead atoms. The zero-order chi connectivity index (χ0) is 9.68. The van der Waals surface area contributed by atoms with Crippen LogP contribution in [0.5, 0.6) is 0 Å². The molecule has 1 fully saturated rings. The van der Waals surface area contributed by atoms with Crippen molar-refractivity contribution < 1.29 is 0 Å². The van der Waals surface area contributed by atoms with Crippen LogP contribution in [-0.4, -0.2) is 30.6 Å². The Hall–Kier alpha value is -0.520. The van der Waals surface area contributed by atoms with Crippen molar-refractivity contribution >= 4 is 0 Å². The van der Waals surface area contributed by atoms with Crippen LogP contribution in [0.15, 0.2) is 0 Å². The van der Waals surface area contributed by atoms with E-state index >= 15 is 0 Å². The molecular formula is C11H20N2. The SMILES string of the molecule is CC#CCN1CC(CN)CCC1C. The third-order valence-electron chi connectivity index (χ3n) is 2.90. The van der Waals surface area contributed by atoms with Crippen molar-refractivity contribution in [2.45, 2.75) is 32.7 Å². The lowest BCUT2D eigenvalue weighted by Crippen LogP contribution is -2.43. The minimum atomic E-state index is 0.684. The van der Waals surface area contributed by atoms with E-state index < -0.39 is 0 Å². The molecule has 0 saturated carbocycles. The number of hydrogen-bond donors (Lipinski definition) is 1. The lowest BCUT2D eigenvalue weighted by molar-refractivity contribution is 0.137. The molecule has 13 heavy (non-hydrogen) atoms. The van der Waals surface area contributed by atoms with Crippen LogP contribution in [0.2, 0.25) is 0 Å². The zero-order valence-corrected chi connectivity index (χ0v) is 8.71. The fourth-order valence-corrected chi connectivity index (χ4v) is 1.86. The number of rotatable bonds is 2. The summed E-state index contributed by atoms with van der Waals surface area (Å²) < 4.78 is 0. The molecule has 0 aromatic carbocycles. The van der Waals surface area contributed by atoms with Crippen LogP contribution >= 0.6 is 0 Å². The van der Waals surface area contributed by atoms with Crippen LogP contribution in [0.1, 0.15) is 26.7 Å². The van der Waals surface area contributed by atoms with Crippen molar-refractivity contribution in [2.75, 3.05) is 19.6 Å². The average molecular weight is 180 g/mol. The predicted octanol–water partition coefficient (Wildman–Crippen LogP) is 1.07. The molecule has 1 heterocycles. The maximum Gasteiger partial charge on any atom is 0.0603 e. The van der Waals surface area contributed by atoms with Gasteiger partial charge in [-0.15, -0.1) is 5.92 Å². The fraction of sp³-hybridized carbons (Fsp3) is 0.818. The van der Waals surface area contributed by atoms with Crippen LogP contribution in [0.4, 0.5) is 0 Å². The maximum absolute atomic E-state index is 5.68. The number of hydrogen-bond acceptors (Lipinski definition) is 2. The molecule has 1 saturated heterocycles. The highest BCUT2D eigenvalue weighted by atomic mass is 15.2. The van der Waals surface area contributed by atoms with E-state index in [2.05, 4.69) is 23.7 Å². The van der Waals surface area contributed by atoms with Gasteiger partial charge >= 0.3 is 0 Å². The molecule has 2 heteroatoms. The standard InChI is InChI=1S/C11H20N2/c1-3-4-7-13-9-11(8-12)6-5-10(13)2/h10-11H,5-9,12H2,1-2H3. The molecule has 1 rings (SSSR count). The second-order valence-corrected chi connectivity index (χ2v) is 3.88. The normalized spacial score (nSPS) is 29.5. The molecule has 0 spiro atoms. The fourth-order valence-electron chi connectivity index (χ4n) is 1.86. The zero-order valence-electron chi connectivity index (χ0n) is 8.71. The quantitative estimate of drug-likeness (QED) is 0.644. The lowest BCUT2D eigenvalue weighted by atomic mass is 9.94. The van der Waals surface area contributed by atoms with Crippen LogP contribution in [0.3, 0.4) is 0 Å². The first-order chi connectivity index (χ1) is 6.27. The predicted molar refractivity (Wildman–Crippen MR) is 56.3 cm³/mol. The van der Waals surface area contributed by atoms with E-state index in [1.807, 2.05) is 6.92 Å². The first kappa shape index (κ1) is 10.6. The topological polar surface area (TPSA) is 29.3 Å². The van der Waals surface area contributed by atoms with E-state index in [0.29, 0.717) is 12.0 Å². The minimum Gasteiger partial charge on any atom is -0.330 e. The van der Waals surface area contributed by atoms with Gasteiger partial charge in [0.2, 0.25) is 0 Å². The Morgan fingerprint density at radius 2 is 2.23 bits per heavy atom. The molecule has 2 unspecified atom stereocenters. The van der Waals surface area contributed by atoms with Crippen LogP contribution < -0.4 is 5.73 Å². The molecule has 0 aliphatic carbocycles. The van der Waals surface area contributed by atoms with Gasteiger partial charge in [0.1, 0.15) is 0 Å². The van der Waals surface area contributed by atoms with Gasteiger partial charge in [0.15, 0.2) is 0 Å². The number of nitrogens with zero attached hydrogens (tertiary/aromatic N) is 1. The minimum absolute atomic E-state index is 0.684. The van der Waals surface area contributed by atoms with Gasteiger partial charge in [-0.25, -0.2) is 0 Å². The highest BCUT2D eigenvalue weighted by Gasteiger charge is 2.23. The van der Waals surface area contributed by atoms with Crippen molar-refractivity contribution in [3.05, 3.63) is 0 Å². The molecule has 1 aliphatic rings. The van der Waals surface area contributed by atoms with Crippen molar-refractivity contribution in [1.82, 2.24) is 4.90 Å². The second kappa shape index (κ2) is 5.26. The highest BCUT2D eigenvalue weighted by Crippen LogP contribution is 2.20. The van der Waals surface area contributed by atoms with Crippen molar-refractivity contribution in [3.63, 3.8) is 0 Å². The number of piperidine rings is 1. The van der Waals surface area contributed by atoms with Crippen molar-refractivity contribution in [1.29, 1.82) is 0 Å². The van der Waals surface area contributed by atoms with E-state index in [-0.39, 0.29) is 0 Å². The molecule has 1 aliphatic heterocycles. The smallest absolute Gasteiger partial charge is 0.0603 e. The Bertz CT molecular complexity index is 202. The van der Waals surface area contributed by atoms with Gasteiger partial charge in [-0.05, 0) is 39.2 Å². The van der Waals surface area contributed by atoms with Gasteiger partial charge in [0, 0.05) is 12.6 Å². The Morgan fingerprint density at radius 3 is 2.85 bits per heavy atom. The molecule has 74 valence electrons. The lowest BCUT2D eigenvalue weighted by Gasteiger charge is -2.36. The Balaban J connectivity index is 2.43. The largest absolute Gasteiger partial charge is 0.330 e. The van der Waals surface area contributed by atoms with Gasteiger partial charge in [0.05, 0.1) is 6.54 Å². The molecule has 2 atom stereocenters. The highest BCUT2D eigenvalue weighted by molar-refractivity contribution is 4.99. The molecule has 0 aromatic heterocycles. The summed E-state index contributed by atoms with van der Waals surface area (Å²) in [6.45, 7) is 7.04. The number of nitrogens with two attached hydrogens (primary N) is 1. The monoisotopic (exact) mass is 180 g/mol. The molecule has 0 aromatic rings. The summed E-state index contributed by atoms with van der Waals surface area (Å²) in [7, 11) is 0. The van der Waals surface area contributed by atoms with Gasteiger partial charge in [-0.2, -0.15) is 0 Å². The average Bonchev–Trinajstić information content (AvgIpc) is 2.17.